The second kappa shape index (κ2) is 10.0. The first-order valence-electron chi connectivity index (χ1n) is 5.75. The van der Waals surface area contributed by atoms with Crippen LogP contribution in [0.25, 0.3) is 0 Å². The van der Waals surface area contributed by atoms with Crippen molar-refractivity contribution >= 4 is 0 Å². The molecule has 0 aliphatic rings. The van der Waals surface area contributed by atoms with Gasteiger partial charge in [0.05, 0.1) is 0 Å². The quantitative estimate of drug-likeness (QED) is 0.440. The van der Waals surface area contributed by atoms with Crippen LogP contribution in [0.4, 0.5) is 0 Å². The fourth-order valence-corrected chi connectivity index (χ4v) is 1.29. The molecule has 0 amide bonds. The molecule has 2 heteroatoms. The molecule has 0 radical (unpaired) electrons. The van der Waals surface area contributed by atoms with Crippen LogP contribution in [0.5, 0.6) is 0 Å². The predicted molar refractivity (Wildman–Crippen MR) is 59.7 cm³/mol. The second-order valence-electron chi connectivity index (χ2n) is 3.69. The van der Waals surface area contributed by atoms with Gasteiger partial charge in [0, 0.05) is 20.1 Å². The Balaban J connectivity index is 2.91. The van der Waals surface area contributed by atoms with Crippen LogP contribution in [0.3, 0.4) is 0 Å². The van der Waals surface area contributed by atoms with Gasteiger partial charge in [-0.25, -0.2) is 5.01 Å². The average Bonchev–Trinajstić information content (AvgIpc) is 2.16. The van der Waals surface area contributed by atoms with Gasteiger partial charge in [0.2, 0.25) is 0 Å². The summed E-state index contributed by atoms with van der Waals surface area (Å²) in [6.07, 6.45) is 8.27. The van der Waals surface area contributed by atoms with Gasteiger partial charge in [0.15, 0.2) is 0 Å². The molecular weight excluding hydrogens is 160 g/mol. The van der Waals surface area contributed by atoms with Crippen LogP contribution in [-0.2, 0) is 0 Å². The standard InChI is InChI=1S/C11H26N2/c1-4-6-7-8-9-10-11-12-13(3)5-2/h12H,4-11H2,1-3H3. The van der Waals surface area contributed by atoms with Crippen LogP contribution < -0.4 is 5.43 Å². The molecule has 13 heavy (non-hydrogen) atoms. The van der Waals surface area contributed by atoms with Crippen LogP contribution in [0.15, 0.2) is 0 Å². The Morgan fingerprint density at radius 1 is 0.923 bits per heavy atom. The number of unbranched alkanes of at least 4 members (excludes halogenated alkanes) is 5. The van der Waals surface area contributed by atoms with Gasteiger partial charge in [-0.15, -0.1) is 0 Å². The molecule has 0 aromatic heterocycles. The Morgan fingerprint density at radius 3 is 2.15 bits per heavy atom. The normalized spacial score (nSPS) is 11.1. The van der Waals surface area contributed by atoms with E-state index in [4.69, 9.17) is 0 Å². The highest BCUT2D eigenvalue weighted by Gasteiger charge is 1.92. The topological polar surface area (TPSA) is 15.3 Å². The summed E-state index contributed by atoms with van der Waals surface area (Å²) >= 11 is 0. The van der Waals surface area contributed by atoms with Crippen LogP contribution in [0.1, 0.15) is 52.4 Å². The summed E-state index contributed by atoms with van der Waals surface area (Å²) in [6, 6.07) is 0. The van der Waals surface area contributed by atoms with Crippen molar-refractivity contribution in [2.45, 2.75) is 52.4 Å². The molecule has 0 rings (SSSR count). The molecule has 80 valence electrons. The molecule has 0 saturated carbocycles. The van der Waals surface area contributed by atoms with E-state index in [0.29, 0.717) is 0 Å². The third-order valence-electron chi connectivity index (χ3n) is 2.39. The zero-order valence-electron chi connectivity index (χ0n) is 9.60. The van der Waals surface area contributed by atoms with Crippen LogP contribution in [0.2, 0.25) is 0 Å². The maximum absolute atomic E-state index is 3.36. The molecule has 0 spiro atoms. The largest absolute Gasteiger partial charge is 0.255 e. The van der Waals surface area contributed by atoms with E-state index in [1.54, 1.807) is 0 Å². The van der Waals surface area contributed by atoms with Gasteiger partial charge >= 0.3 is 0 Å². The van der Waals surface area contributed by atoms with Crippen molar-refractivity contribution in [1.29, 1.82) is 0 Å². The van der Waals surface area contributed by atoms with Gasteiger partial charge < -0.3 is 0 Å². The van der Waals surface area contributed by atoms with Gasteiger partial charge in [0.1, 0.15) is 0 Å². The Hall–Kier alpha value is -0.0800. The molecule has 0 atom stereocenters. The lowest BCUT2D eigenvalue weighted by Crippen LogP contribution is -2.34. The van der Waals surface area contributed by atoms with Crippen molar-refractivity contribution in [3.63, 3.8) is 0 Å². The molecule has 0 aromatic carbocycles. The molecule has 0 fully saturated rings. The van der Waals surface area contributed by atoms with Crippen LogP contribution in [-0.4, -0.2) is 25.1 Å². The fraction of sp³-hybridized carbons (Fsp3) is 1.00. The third kappa shape index (κ3) is 9.84. The van der Waals surface area contributed by atoms with Crippen molar-refractivity contribution in [1.82, 2.24) is 10.4 Å². The number of nitrogens with zero attached hydrogens (tertiary/aromatic N) is 1. The van der Waals surface area contributed by atoms with Crippen LogP contribution in [0, 0.1) is 0 Å². The lowest BCUT2D eigenvalue weighted by Gasteiger charge is -2.15. The Morgan fingerprint density at radius 2 is 1.54 bits per heavy atom. The minimum atomic E-state index is 1.08. The van der Waals surface area contributed by atoms with Crippen molar-refractivity contribution in [3.05, 3.63) is 0 Å². The Bertz CT molecular complexity index is 94.1. The molecule has 0 heterocycles. The average molecular weight is 186 g/mol. The second-order valence-corrected chi connectivity index (χ2v) is 3.69. The van der Waals surface area contributed by atoms with Crippen molar-refractivity contribution < 1.29 is 0 Å². The zero-order valence-corrected chi connectivity index (χ0v) is 9.60. The van der Waals surface area contributed by atoms with Gasteiger partial charge in [-0.3, -0.25) is 5.43 Å². The fourth-order valence-electron chi connectivity index (χ4n) is 1.29. The van der Waals surface area contributed by atoms with E-state index < -0.39 is 0 Å². The first-order valence-corrected chi connectivity index (χ1v) is 5.75. The summed E-state index contributed by atoms with van der Waals surface area (Å²) in [4.78, 5) is 0. The molecule has 1 N–H and O–H groups in total. The predicted octanol–water partition coefficient (Wildman–Crippen LogP) is 2.80. The first kappa shape index (κ1) is 12.9. The van der Waals surface area contributed by atoms with E-state index in [0.717, 1.165) is 13.1 Å². The number of hydrogen-bond acceptors (Lipinski definition) is 2. The summed E-state index contributed by atoms with van der Waals surface area (Å²) < 4.78 is 0. The maximum Gasteiger partial charge on any atom is 0.0102 e. The molecule has 0 aliphatic heterocycles. The first-order chi connectivity index (χ1) is 6.31. The monoisotopic (exact) mass is 186 g/mol. The minimum Gasteiger partial charge on any atom is -0.255 e. The van der Waals surface area contributed by atoms with Crippen molar-refractivity contribution in [2.75, 3.05) is 20.1 Å². The van der Waals surface area contributed by atoms with Gasteiger partial charge in [0.25, 0.3) is 0 Å². The van der Waals surface area contributed by atoms with E-state index >= 15 is 0 Å². The lowest BCUT2D eigenvalue weighted by atomic mass is 10.1. The molecular formula is C11H26N2. The van der Waals surface area contributed by atoms with E-state index in [9.17, 15) is 0 Å². The number of nitrogens with one attached hydrogen (secondary N) is 1. The van der Waals surface area contributed by atoms with Crippen molar-refractivity contribution in [3.8, 4) is 0 Å². The van der Waals surface area contributed by atoms with E-state index in [2.05, 4.69) is 31.3 Å². The summed E-state index contributed by atoms with van der Waals surface area (Å²) in [7, 11) is 2.09. The van der Waals surface area contributed by atoms with Crippen LogP contribution >= 0.6 is 0 Å². The molecule has 0 unspecified atom stereocenters. The van der Waals surface area contributed by atoms with E-state index in [-0.39, 0.29) is 0 Å². The van der Waals surface area contributed by atoms with E-state index in [1.165, 1.54) is 38.5 Å². The Labute approximate surface area is 83.7 Å². The number of hydrazine groups is 1. The molecule has 0 aliphatic carbocycles. The summed E-state index contributed by atoms with van der Waals surface area (Å²) in [5.41, 5.74) is 3.36. The van der Waals surface area contributed by atoms with Gasteiger partial charge in [-0.1, -0.05) is 46.0 Å². The van der Waals surface area contributed by atoms with Gasteiger partial charge in [-0.05, 0) is 6.42 Å². The zero-order chi connectivity index (χ0) is 9.94. The lowest BCUT2D eigenvalue weighted by molar-refractivity contribution is 0.245. The van der Waals surface area contributed by atoms with Crippen molar-refractivity contribution in [2.24, 2.45) is 0 Å². The number of rotatable bonds is 9. The number of hydrogen-bond donors (Lipinski definition) is 1. The third-order valence-corrected chi connectivity index (χ3v) is 2.39. The highest BCUT2D eigenvalue weighted by molar-refractivity contribution is 4.46. The van der Waals surface area contributed by atoms with Gasteiger partial charge in [-0.2, -0.15) is 0 Å². The molecule has 0 saturated heterocycles. The highest BCUT2D eigenvalue weighted by Crippen LogP contribution is 2.03. The molecule has 0 aromatic rings. The Kier molecular flexibility index (Phi) is 9.94. The SMILES string of the molecule is CCCCCCCCNN(C)CC. The van der Waals surface area contributed by atoms with E-state index in [1.807, 2.05) is 0 Å². The summed E-state index contributed by atoms with van der Waals surface area (Å²) in [5, 5.41) is 2.14. The molecule has 2 nitrogen and oxygen atoms in total. The summed E-state index contributed by atoms with van der Waals surface area (Å²) in [6.45, 7) is 6.64. The molecule has 0 bridgehead atoms. The summed E-state index contributed by atoms with van der Waals surface area (Å²) in [5.74, 6) is 0. The minimum absolute atomic E-state index is 1.08. The maximum atomic E-state index is 3.36. The smallest absolute Gasteiger partial charge is 0.0102 e. The highest BCUT2D eigenvalue weighted by atomic mass is 15.5.